The largest absolute Gasteiger partial charge is 0.398 e. The van der Waals surface area contributed by atoms with E-state index in [1.165, 1.54) is 7.05 Å². The van der Waals surface area contributed by atoms with E-state index < -0.39 is 10.0 Å². The summed E-state index contributed by atoms with van der Waals surface area (Å²) >= 11 is 0. The molecule has 1 aromatic carbocycles. The maximum Gasteiger partial charge on any atom is 0.240 e. The van der Waals surface area contributed by atoms with Crippen molar-refractivity contribution < 1.29 is 8.42 Å². The topological polar surface area (TPSA) is 72.2 Å². The van der Waals surface area contributed by atoms with Crippen molar-refractivity contribution in [1.29, 1.82) is 0 Å². The highest BCUT2D eigenvalue weighted by molar-refractivity contribution is 7.89. The Labute approximate surface area is 84.2 Å². The highest BCUT2D eigenvalue weighted by Crippen LogP contribution is 2.23. The van der Waals surface area contributed by atoms with Crippen LogP contribution in [0.15, 0.2) is 17.0 Å². The minimum atomic E-state index is -3.40. The van der Waals surface area contributed by atoms with Crippen LogP contribution in [-0.4, -0.2) is 15.5 Å². The lowest BCUT2D eigenvalue weighted by Gasteiger charge is -2.10. The van der Waals surface area contributed by atoms with E-state index in [0.29, 0.717) is 11.3 Å². The Bertz CT molecular complexity index is 452. The molecule has 0 aliphatic carbocycles. The highest BCUT2D eigenvalue weighted by Gasteiger charge is 2.16. The molecule has 0 unspecified atom stereocenters. The molecular weight excluding hydrogens is 200 g/mol. The van der Waals surface area contributed by atoms with E-state index in [1.807, 2.05) is 6.92 Å². The van der Waals surface area contributed by atoms with Gasteiger partial charge >= 0.3 is 0 Å². The first-order valence-electron chi connectivity index (χ1n) is 4.19. The van der Waals surface area contributed by atoms with Crippen LogP contribution in [0.25, 0.3) is 0 Å². The Balaban J connectivity index is 3.47. The molecule has 0 fully saturated rings. The van der Waals surface area contributed by atoms with Crippen LogP contribution in [0.5, 0.6) is 0 Å². The van der Waals surface area contributed by atoms with E-state index >= 15 is 0 Å². The highest BCUT2D eigenvalue weighted by atomic mass is 32.2. The fourth-order valence-electron chi connectivity index (χ4n) is 1.25. The molecule has 1 rings (SSSR count). The van der Waals surface area contributed by atoms with Gasteiger partial charge in [0.2, 0.25) is 10.0 Å². The molecule has 0 heterocycles. The van der Waals surface area contributed by atoms with Gasteiger partial charge in [-0.3, -0.25) is 0 Å². The number of benzene rings is 1. The van der Waals surface area contributed by atoms with Gasteiger partial charge in [-0.25, -0.2) is 13.1 Å². The molecule has 0 saturated carbocycles. The van der Waals surface area contributed by atoms with Crippen molar-refractivity contribution in [1.82, 2.24) is 4.72 Å². The summed E-state index contributed by atoms with van der Waals surface area (Å²) in [5.74, 6) is 0. The molecule has 0 radical (unpaired) electrons. The predicted octanol–water partition coefficient (Wildman–Crippen LogP) is 0.794. The summed E-state index contributed by atoms with van der Waals surface area (Å²) in [6.07, 6.45) is 0. The second kappa shape index (κ2) is 3.59. The number of rotatable bonds is 2. The average Bonchev–Trinajstić information content (AvgIpc) is 2.14. The van der Waals surface area contributed by atoms with Crippen LogP contribution in [0.4, 0.5) is 5.69 Å². The summed E-state index contributed by atoms with van der Waals surface area (Å²) in [5.41, 5.74) is 7.75. The Morgan fingerprint density at radius 1 is 1.29 bits per heavy atom. The van der Waals surface area contributed by atoms with Crippen molar-refractivity contribution in [3.63, 3.8) is 0 Å². The quantitative estimate of drug-likeness (QED) is 0.715. The van der Waals surface area contributed by atoms with Crippen LogP contribution in [-0.2, 0) is 10.0 Å². The molecule has 0 aromatic heterocycles. The van der Waals surface area contributed by atoms with E-state index in [1.54, 1.807) is 19.1 Å². The first kappa shape index (κ1) is 11.0. The van der Waals surface area contributed by atoms with Gasteiger partial charge in [-0.2, -0.15) is 0 Å². The van der Waals surface area contributed by atoms with E-state index in [0.717, 1.165) is 5.56 Å². The van der Waals surface area contributed by atoms with E-state index in [4.69, 9.17) is 5.73 Å². The molecule has 14 heavy (non-hydrogen) atoms. The van der Waals surface area contributed by atoms with Crippen LogP contribution in [0.1, 0.15) is 11.1 Å². The van der Waals surface area contributed by atoms with Crippen molar-refractivity contribution in [2.24, 2.45) is 0 Å². The van der Waals surface area contributed by atoms with Gasteiger partial charge in [0, 0.05) is 5.69 Å². The number of aryl methyl sites for hydroxylation is 1. The lowest BCUT2D eigenvalue weighted by molar-refractivity contribution is 0.587. The molecule has 0 amide bonds. The Kier molecular flexibility index (Phi) is 2.82. The van der Waals surface area contributed by atoms with Gasteiger partial charge in [0.25, 0.3) is 0 Å². The first-order valence-corrected chi connectivity index (χ1v) is 5.67. The second-order valence-corrected chi connectivity index (χ2v) is 4.98. The van der Waals surface area contributed by atoms with Gasteiger partial charge in [-0.1, -0.05) is 6.07 Å². The molecule has 0 spiro atoms. The van der Waals surface area contributed by atoms with Crippen LogP contribution in [0, 0.1) is 13.8 Å². The smallest absolute Gasteiger partial charge is 0.240 e. The Hall–Kier alpha value is -1.07. The monoisotopic (exact) mass is 214 g/mol. The number of sulfonamides is 1. The molecule has 1 aromatic rings. The number of anilines is 1. The number of nitrogens with one attached hydrogen (secondary N) is 1. The summed E-state index contributed by atoms with van der Waals surface area (Å²) in [7, 11) is -2.02. The summed E-state index contributed by atoms with van der Waals surface area (Å²) in [5, 5.41) is 0. The van der Waals surface area contributed by atoms with E-state index in [9.17, 15) is 8.42 Å². The number of hydrogen-bond acceptors (Lipinski definition) is 3. The fourth-order valence-corrected chi connectivity index (χ4v) is 2.23. The van der Waals surface area contributed by atoms with E-state index in [-0.39, 0.29) is 4.90 Å². The standard InChI is InChI=1S/C9H14N2O2S/c1-6-4-5-8(7(2)9(6)10)14(12,13)11-3/h4-5,11H,10H2,1-3H3. The Morgan fingerprint density at radius 2 is 1.86 bits per heavy atom. The van der Waals surface area contributed by atoms with Gasteiger partial charge in [0.05, 0.1) is 4.90 Å². The van der Waals surface area contributed by atoms with Gasteiger partial charge in [0.1, 0.15) is 0 Å². The van der Waals surface area contributed by atoms with Crippen molar-refractivity contribution in [3.8, 4) is 0 Å². The van der Waals surface area contributed by atoms with Gasteiger partial charge in [-0.05, 0) is 38.1 Å². The normalized spacial score (nSPS) is 11.6. The van der Waals surface area contributed by atoms with Crippen LogP contribution < -0.4 is 10.5 Å². The summed E-state index contributed by atoms with van der Waals surface area (Å²) in [4.78, 5) is 0.239. The molecule has 0 bridgehead atoms. The molecule has 0 saturated heterocycles. The van der Waals surface area contributed by atoms with E-state index in [2.05, 4.69) is 4.72 Å². The molecule has 0 atom stereocenters. The Morgan fingerprint density at radius 3 is 2.36 bits per heavy atom. The van der Waals surface area contributed by atoms with Crippen LogP contribution in [0.2, 0.25) is 0 Å². The lowest BCUT2D eigenvalue weighted by Crippen LogP contribution is -2.20. The van der Waals surface area contributed by atoms with Gasteiger partial charge in [-0.15, -0.1) is 0 Å². The number of nitrogen functional groups attached to an aromatic ring is 1. The van der Waals surface area contributed by atoms with Crippen LogP contribution >= 0.6 is 0 Å². The molecule has 0 aliphatic rings. The maximum absolute atomic E-state index is 11.5. The third-order valence-electron chi connectivity index (χ3n) is 2.24. The summed E-state index contributed by atoms with van der Waals surface area (Å²) < 4.78 is 25.3. The van der Waals surface area contributed by atoms with Crippen molar-refractivity contribution in [3.05, 3.63) is 23.3 Å². The van der Waals surface area contributed by atoms with Crippen molar-refractivity contribution >= 4 is 15.7 Å². The molecule has 3 N–H and O–H groups in total. The summed E-state index contributed by atoms with van der Waals surface area (Å²) in [6.45, 7) is 3.55. The zero-order chi connectivity index (χ0) is 10.9. The van der Waals surface area contributed by atoms with Crippen molar-refractivity contribution in [2.45, 2.75) is 18.7 Å². The van der Waals surface area contributed by atoms with Gasteiger partial charge < -0.3 is 5.73 Å². The average molecular weight is 214 g/mol. The number of nitrogens with two attached hydrogens (primary N) is 1. The molecule has 0 aliphatic heterocycles. The predicted molar refractivity (Wildman–Crippen MR) is 56.6 cm³/mol. The minimum Gasteiger partial charge on any atom is -0.398 e. The third kappa shape index (κ3) is 1.73. The maximum atomic E-state index is 11.5. The molecule has 4 nitrogen and oxygen atoms in total. The fraction of sp³-hybridized carbons (Fsp3) is 0.333. The zero-order valence-electron chi connectivity index (χ0n) is 8.46. The van der Waals surface area contributed by atoms with Crippen LogP contribution in [0.3, 0.4) is 0 Å². The summed E-state index contributed by atoms with van der Waals surface area (Å²) in [6, 6.07) is 3.26. The van der Waals surface area contributed by atoms with Crippen molar-refractivity contribution in [2.75, 3.05) is 12.8 Å². The second-order valence-electron chi connectivity index (χ2n) is 3.13. The lowest BCUT2D eigenvalue weighted by atomic mass is 10.1. The van der Waals surface area contributed by atoms with Gasteiger partial charge in [0.15, 0.2) is 0 Å². The molecule has 5 heteroatoms. The zero-order valence-corrected chi connectivity index (χ0v) is 9.27. The first-order chi connectivity index (χ1) is 6.40. The number of hydrogen-bond donors (Lipinski definition) is 2. The minimum absolute atomic E-state index is 0.239. The third-order valence-corrected chi connectivity index (χ3v) is 3.80. The molecule has 78 valence electrons. The molecular formula is C9H14N2O2S. The SMILES string of the molecule is CNS(=O)(=O)c1ccc(C)c(N)c1C.